The second-order valence-electron chi connectivity index (χ2n) is 4.73. The molecule has 0 bridgehead atoms. The van der Waals surface area contributed by atoms with Gasteiger partial charge in [-0.3, -0.25) is 10.1 Å². The molecule has 0 aliphatic rings. The normalized spacial score (nSPS) is 10.4. The summed E-state index contributed by atoms with van der Waals surface area (Å²) in [5, 5.41) is 20.4. The van der Waals surface area contributed by atoms with Crippen LogP contribution in [0.15, 0.2) is 41.2 Å². The van der Waals surface area contributed by atoms with Crippen molar-refractivity contribution in [2.45, 2.75) is 6.92 Å². The van der Waals surface area contributed by atoms with Crippen LogP contribution in [0, 0.1) is 22.9 Å². The Kier molecular flexibility index (Phi) is 4.01. The number of halogens is 1. The lowest BCUT2D eigenvalue weighted by Crippen LogP contribution is -2.06. The van der Waals surface area contributed by atoms with Crippen LogP contribution in [0.5, 0.6) is 0 Å². The number of hydrogen-bond donors (Lipinski definition) is 2. The number of aromatic nitrogens is 3. The number of nitrogens with one attached hydrogen (secondary N) is 2. The van der Waals surface area contributed by atoms with Gasteiger partial charge in [-0.05, 0) is 19.1 Å². The third kappa shape index (κ3) is 3.11. The number of rotatable bonds is 5. The van der Waals surface area contributed by atoms with E-state index in [0.717, 1.165) is 6.33 Å². The Morgan fingerprint density at radius 3 is 2.54 bits per heavy atom. The summed E-state index contributed by atoms with van der Waals surface area (Å²) in [5.74, 6) is -0.0259. The van der Waals surface area contributed by atoms with Crippen LogP contribution in [0.3, 0.4) is 0 Å². The van der Waals surface area contributed by atoms with Crippen LogP contribution in [0.1, 0.15) is 5.76 Å². The second-order valence-corrected chi connectivity index (χ2v) is 4.73. The van der Waals surface area contributed by atoms with E-state index in [4.69, 9.17) is 4.52 Å². The van der Waals surface area contributed by atoms with Gasteiger partial charge >= 0.3 is 5.69 Å². The van der Waals surface area contributed by atoms with Crippen molar-refractivity contribution in [2.24, 2.45) is 0 Å². The standard InChI is InChI=1S/C14H11FN6O3/c1-8-6-11(20-24-8)19-14-12(21(22)23)13(16-7-17-14)18-10-5-3-2-4-9(10)15/h2-7H,1H3,(H2,16,17,18,19,20). The number of anilines is 4. The molecule has 3 rings (SSSR count). The van der Waals surface area contributed by atoms with E-state index in [-0.39, 0.29) is 23.1 Å². The Hall–Kier alpha value is -3.56. The van der Waals surface area contributed by atoms with Gasteiger partial charge in [-0.2, -0.15) is 0 Å². The van der Waals surface area contributed by atoms with Crippen molar-refractivity contribution in [1.29, 1.82) is 0 Å². The number of aryl methyl sites for hydroxylation is 1. The third-order valence-electron chi connectivity index (χ3n) is 3.01. The Bertz CT molecular complexity index is 898. The van der Waals surface area contributed by atoms with Gasteiger partial charge in [-0.25, -0.2) is 14.4 Å². The fourth-order valence-corrected chi connectivity index (χ4v) is 1.97. The highest BCUT2D eigenvalue weighted by molar-refractivity contribution is 5.76. The predicted octanol–water partition coefficient (Wildman–Crippen LogP) is 3.31. The first kappa shape index (κ1) is 15.3. The first-order valence-corrected chi connectivity index (χ1v) is 6.76. The summed E-state index contributed by atoms with van der Waals surface area (Å²) in [6.45, 7) is 1.68. The van der Waals surface area contributed by atoms with Gasteiger partial charge in [-0.15, -0.1) is 0 Å². The summed E-state index contributed by atoms with van der Waals surface area (Å²) >= 11 is 0. The molecule has 0 fully saturated rings. The minimum Gasteiger partial charge on any atom is -0.360 e. The molecule has 0 spiro atoms. The van der Waals surface area contributed by atoms with Crippen LogP contribution in [-0.4, -0.2) is 20.0 Å². The Morgan fingerprint density at radius 1 is 1.21 bits per heavy atom. The molecule has 24 heavy (non-hydrogen) atoms. The molecule has 0 unspecified atom stereocenters. The molecule has 122 valence electrons. The van der Waals surface area contributed by atoms with E-state index in [1.165, 1.54) is 18.2 Å². The molecule has 2 N–H and O–H groups in total. The molecular formula is C14H11FN6O3. The quantitative estimate of drug-likeness (QED) is 0.540. The number of nitro groups is 1. The van der Waals surface area contributed by atoms with Gasteiger partial charge in [0.15, 0.2) is 5.82 Å². The van der Waals surface area contributed by atoms with Crippen molar-refractivity contribution in [1.82, 2.24) is 15.1 Å². The van der Waals surface area contributed by atoms with Gasteiger partial charge in [0, 0.05) is 6.07 Å². The Balaban J connectivity index is 1.99. The van der Waals surface area contributed by atoms with Gasteiger partial charge in [0.05, 0.1) is 10.6 Å². The van der Waals surface area contributed by atoms with Crippen LogP contribution in [0.2, 0.25) is 0 Å². The van der Waals surface area contributed by atoms with Gasteiger partial charge in [0.2, 0.25) is 11.6 Å². The number of hydrogen-bond acceptors (Lipinski definition) is 8. The maximum absolute atomic E-state index is 13.7. The molecule has 1 aromatic carbocycles. The largest absolute Gasteiger partial charge is 0.360 e. The number of benzene rings is 1. The fourth-order valence-electron chi connectivity index (χ4n) is 1.97. The number of nitrogens with zero attached hydrogens (tertiary/aromatic N) is 4. The van der Waals surface area contributed by atoms with Gasteiger partial charge in [-0.1, -0.05) is 17.3 Å². The summed E-state index contributed by atoms with van der Waals surface area (Å²) in [5.41, 5.74) is -0.385. The Morgan fingerprint density at radius 2 is 1.92 bits per heavy atom. The highest BCUT2D eigenvalue weighted by Crippen LogP contribution is 2.33. The molecule has 0 aliphatic carbocycles. The van der Waals surface area contributed by atoms with E-state index in [0.29, 0.717) is 5.76 Å². The van der Waals surface area contributed by atoms with Crippen molar-refractivity contribution in [3.63, 3.8) is 0 Å². The van der Waals surface area contributed by atoms with Crippen LogP contribution in [-0.2, 0) is 0 Å². The molecule has 0 aliphatic heterocycles. The highest BCUT2D eigenvalue weighted by atomic mass is 19.1. The van der Waals surface area contributed by atoms with Crippen LogP contribution in [0.25, 0.3) is 0 Å². The third-order valence-corrected chi connectivity index (χ3v) is 3.01. The SMILES string of the molecule is Cc1cc(Nc2ncnc(Nc3ccccc3F)c2[N+](=O)[O-])no1. The van der Waals surface area contributed by atoms with E-state index in [2.05, 4.69) is 25.8 Å². The highest BCUT2D eigenvalue weighted by Gasteiger charge is 2.24. The maximum atomic E-state index is 13.7. The zero-order valence-electron chi connectivity index (χ0n) is 12.4. The van der Waals surface area contributed by atoms with Gasteiger partial charge in [0.1, 0.15) is 17.9 Å². The van der Waals surface area contributed by atoms with Gasteiger partial charge in [0.25, 0.3) is 0 Å². The average molecular weight is 330 g/mol. The van der Waals surface area contributed by atoms with Crippen molar-refractivity contribution < 1.29 is 13.8 Å². The first-order valence-electron chi connectivity index (χ1n) is 6.76. The zero-order chi connectivity index (χ0) is 17.1. The van der Waals surface area contributed by atoms with Crippen LogP contribution >= 0.6 is 0 Å². The number of para-hydroxylation sites is 1. The second kappa shape index (κ2) is 6.28. The summed E-state index contributed by atoms with van der Waals surface area (Å²) in [6.07, 6.45) is 1.12. The van der Waals surface area contributed by atoms with Crippen LogP contribution < -0.4 is 10.6 Å². The smallest absolute Gasteiger partial charge is 0.353 e. The lowest BCUT2D eigenvalue weighted by Gasteiger charge is -2.09. The summed E-state index contributed by atoms with van der Waals surface area (Å²) < 4.78 is 18.6. The van der Waals surface area contributed by atoms with E-state index in [9.17, 15) is 14.5 Å². The summed E-state index contributed by atoms with van der Waals surface area (Å²) in [6, 6.07) is 7.32. The van der Waals surface area contributed by atoms with Crippen molar-refractivity contribution in [3.05, 3.63) is 58.4 Å². The van der Waals surface area contributed by atoms with E-state index >= 15 is 0 Å². The van der Waals surface area contributed by atoms with Crippen molar-refractivity contribution in [3.8, 4) is 0 Å². The molecular weight excluding hydrogens is 319 g/mol. The molecule has 10 heteroatoms. The summed E-state index contributed by atoms with van der Waals surface area (Å²) in [7, 11) is 0. The Labute approximate surface area is 134 Å². The minimum absolute atomic E-state index is 0.0579. The van der Waals surface area contributed by atoms with E-state index < -0.39 is 16.4 Å². The van der Waals surface area contributed by atoms with E-state index in [1.54, 1.807) is 19.1 Å². The molecule has 0 amide bonds. The lowest BCUT2D eigenvalue weighted by molar-refractivity contribution is -0.383. The zero-order valence-corrected chi connectivity index (χ0v) is 12.4. The van der Waals surface area contributed by atoms with E-state index in [1.807, 2.05) is 0 Å². The molecule has 2 aromatic heterocycles. The molecule has 0 radical (unpaired) electrons. The van der Waals surface area contributed by atoms with Crippen LogP contribution in [0.4, 0.5) is 33.2 Å². The molecule has 0 atom stereocenters. The first-order chi connectivity index (χ1) is 11.5. The van der Waals surface area contributed by atoms with Gasteiger partial charge < -0.3 is 15.2 Å². The predicted molar refractivity (Wildman–Crippen MR) is 82.9 cm³/mol. The molecule has 0 saturated carbocycles. The molecule has 2 heterocycles. The topological polar surface area (TPSA) is 119 Å². The average Bonchev–Trinajstić information content (AvgIpc) is 2.94. The fraction of sp³-hybridized carbons (Fsp3) is 0.0714. The molecule has 9 nitrogen and oxygen atoms in total. The van der Waals surface area contributed by atoms with Crippen molar-refractivity contribution >= 4 is 28.8 Å². The maximum Gasteiger partial charge on any atom is 0.353 e. The molecule has 3 aromatic rings. The molecule has 0 saturated heterocycles. The monoisotopic (exact) mass is 330 g/mol. The lowest BCUT2D eigenvalue weighted by atomic mass is 10.3. The minimum atomic E-state index is -0.668. The summed E-state index contributed by atoms with van der Waals surface area (Å²) in [4.78, 5) is 18.4. The van der Waals surface area contributed by atoms with Crippen molar-refractivity contribution in [2.75, 3.05) is 10.6 Å².